The van der Waals surface area contributed by atoms with Gasteiger partial charge < -0.3 is 9.79 Å². The van der Waals surface area contributed by atoms with Crippen LogP contribution in [0.15, 0.2) is 23.1 Å². The minimum Gasteiger partial charge on any atom is -0.337 e. The molecule has 0 amide bonds. The number of aryl methyl sites for hydroxylation is 2. The molecule has 0 saturated carbocycles. The summed E-state index contributed by atoms with van der Waals surface area (Å²) in [6, 6.07) is 6.58. The van der Waals surface area contributed by atoms with E-state index >= 15 is 0 Å². The topological polar surface area (TPSA) is 40.5 Å². The molecule has 0 aliphatic heterocycles. The first kappa shape index (κ1) is 29.2. The van der Waals surface area contributed by atoms with E-state index in [2.05, 4.69) is 32.0 Å². The lowest BCUT2D eigenvalue weighted by atomic mass is 9.99. The summed E-state index contributed by atoms with van der Waals surface area (Å²) in [6.45, 7) is 4.53. The van der Waals surface area contributed by atoms with Crippen LogP contribution in [-0.2, 0) is 24.6 Å². The number of rotatable bonds is 20. The first-order valence-electron chi connectivity index (χ1n) is 12.8. The highest BCUT2D eigenvalue weighted by Crippen LogP contribution is 2.55. The van der Waals surface area contributed by atoms with Crippen molar-refractivity contribution in [2.45, 2.75) is 134 Å². The molecule has 2 nitrogen and oxygen atoms in total. The summed E-state index contributed by atoms with van der Waals surface area (Å²) in [5.74, 6) is 0. The lowest BCUT2D eigenvalue weighted by Gasteiger charge is -2.12. The summed E-state index contributed by atoms with van der Waals surface area (Å²) in [7, 11) is 0. The Morgan fingerprint density at radius 3 is 1.32 bits per heavy atom. The number of unbranched alkanes of at least 4 members (excludes halogenated alkanes) is 14. The molecule has 0 spiro atoms. The predicted octanol–water partition coefficient (Wildman–Crippen LogP) is 9.35. The average Bonchev–Trinajstić information content (AvgIpc) is 2.70. The van der Waals surface area contributed by atoms with E-state index in [1.54, 1.807) is 0 Å². The molecule has 2 N–H and O–H groups in total. The SMILES string of the molecule is CCCCCCCCCCc1cc(CCCCCCCCCC)cc(SP(O)(O)=S)c1. The van der Waals surface area contributed by atoms with Crippen LogP contribution >= 0.6 is 17.1 Å². The molecule has 1 aromatic rings. The van der Waals surface area contributed by atoms with Gasteiger partial charge in [0.05, 0.1) is 0 Å². The summed E-state index contributed by atoms with van der Waals surface area (Å²) < 4.78 is 0. The molecule has 0 aliphatic carbocycles. The Balaban J connectivity index is 2.44. The molecule has 0 heterocycles. The molecule has 0 aliphatic rings. The zero-order valence-electron chi connectivity index (χ0n) is 20.1. The first-order valence-corrected chi connectivity index (χ1v) is 17.0. The standard InChI is InChI=1S/C26H47O2PS2/c1-3-5-7-9-11-13-15-17-19-24-21-25(23-26(22-24)31-29(27,28)30)20-18-16-14-12-10-8-6-4-2/h21-23H,3-20H2,1-2H3,(H2,27,28,30). The third-order valence-electron chi connectivity index (χ3n) is 5.89. The number of hydrogen-bond acceptors (Lipinski definition) is 2. The molecule has 5 heteroatoms. The van der Waals surface area contributed by atoms with E-state index in [0.29, 0.717) is 0 Å². The maximum Gasteiger partial charge on any atom is 0.246 e. The summed E-state index contributed by atoms with van der Waals surface area (Å²) in [4.78, 5) is 20.5. The molecular formula is C26H47O2PS2. The third kappa shape index (κ3) is 17.3. The fraction of sp³-hybridized carbons (Fsp3) is 0.769. The summed E-state index contributed by atoms with van der Waals surface area (Å²) in [5.41, 5.74) is -0.622. The van der Waals surface area contributed by atoms with Gasteiger partial charge in [-0.1, -0.05) is 110 Å². The van der Waals surface area contributed by atoms with Gasteiger partial charge in [0.15, 0.2) is 0 Å². The van der Waals surface area contributed by atoms with Crippen LogP contribution in [0.1, 0.15) is 128 Å². The van der Waals surface area contributed by atoms with Crippen molar-refractivity contribution in [3.63, 3.8) is 0 Å². The van der Waals surface area contributed by atoms with E-state index in [-0.39, 0.29) is 0 Å². The van der Waals surface area contributed by atoms with Gasteiger partial charge in [-0.15, -0.1) is 0 Å². The van der Waals surface area contributed by atoms with Crippen LogP contribution < -0.4 is 0 Å². The van der Waals surface area contributed by atoms with E-state index in [1.807, 2.05) is 0 Å². The van der Waals surface area contributed by atoms with E-state index < -0.39 is 5.69 Å². The molecule has 0 atom stereocenters. The van der Waals surface area contributed by atoms with Crippen molar-refractivity contribution in [1.82, 2.24) is 0 Å². The Morgan fingerprint density at radius 2 is 0.968 bits per heavy atom. The van der Waals surface area contributed by atoms with Crippen molar-refractivity contribution in [3.8, 4) is 0 Å². The van der Waals surface area contributed by atoms with Gasteiger partial charge in [-0.25, -0.2) is 0 Å². The lowest BCUT2D eigenvalue weighted by molar-refractivity contribution is 0.502. The second-order valence-electron chi connectivity index (χ2n) is 9.02. The Morgan fingerprint density at radius 1 is 0.613 bits per heavy atom. The van der Waals surface area contributed by atoms with Gasteiger partial charge >= 0.3 is 0 Å². The Hall–Kier alpha value is 0.140. The monoisotopic (exact) mass is 486 g/mol. The van der Waals surface area contributed by atoms with Crippen molar-refractivity contribution in [2.24, 2.45) is 0 Å². The Labute approximate surface area is 201 Å². The molecular weight excluding hydrogens is 439 g/mol. The van der Waals surface area contributed by atoms with Gasteiger partial charge in [-0.3, -0.25) is 0 Å². The fourth-order valence-electron chi connectivity index (χ4n) is 4.13. The van der Waals surface area contributed by atoms with Crippen LogP contribution in [0, 0.1) is 0 Å². The van der Waals surface area contributed by atoms with Crippen LogP contribution in [0.4, 0.5) is 0 Å². The van der Waals surface area contributed by atoms with Crippen LogP contribution in [0.25, 0.3) is 0 Å². The van der Waals surface area contributed by atoms with Crippen LogP contribution in [0.3, 0.4) is 0 Å². The second-order valence-corrected chi connectivity index (χ2v) is 14.9. The van der Waals surface area contributed by atoms with Gasteiger partial charge in [-0.2, -0.15) is 0 Å². The minimum absolute atomic E-state index is 0.931. The fourth-order valence-corrected chi connectivity index (χ4v) is 6.73. The van der Waals surface area contributed by atoms with Gasteiger partial charge in [0, 0.05) is 4.90 Å². The van der Waals surface area contributed by atoms with Crippen molar-refractivity contribution in [3.05, 3.63) is 29.3 Å². The summed E-state index contributed by atoms with van der Waals surface area (Å²) >= 11 is 5.95. The van der Waals surface area contributed by atoms with Gasteiger partial charge in [-0.05, 0) is 72.1 Å². The molecule has 1 aromatic carbocycles. The third-order valence-corrected chi connectivity index (χ3v) is 8.59. The molecule has 0 saturated heterocycles. The molecule has 31 heavy (non-hydrogen) atoms. The second kappa shape index (κ2) is 18.6. The molecule has 0 radical (unpaired) electrons. The maximum atomic E-state index is 9.77. The highest BCUT2D eigenvalue weighted by atomic mass is 32.9. The summed E-state index contributed by atoms with van der Waals surface area (Å²) in [6.07, 6.45) is 23.4. The Kier molecular flexibility index (Phi) is 17.5. The molecule has 0 bridgehead atoms. The van der Waals surface area contributed by atoms with Gasteiger partial charge in [0.25, 0.3) is 0 Å². The highest BCUT2D eigenvalue weighted by molar-refractivity contribution is 8.67. The van der Waals surface area contributed by atoms with Gasteiger partial charge in [0.1, 0.15) is 0 Å². The van der Waals surface area contributed by atoms with Crippen molar-refractivity contribution >= 4 is 28.9 Å². The quantitative estimate of drug-likeness (QED) is 0.142. The zero-order chi connectivity index (χ0) is 22.8. The van der Waals surface area contributed by atoms with Crippen molar-refractivity contribution in [1.29, 1.82) is 0 Å². The van der Waals surface area contributed by atoms with E-state index in [9.17, 15) is 9.79 Å². The minimum atomic E-state index is -3.28. The highest BCUT2D eigenvalue weighted by Gasteiger charge is 2.12. The maximum absolute atomic E-state index is 9.77. The lowest BCUT2D eigenvalue weighted by Crippen LogP contribution is -1.93. The molecule has 1 rings (SSSR count). The van der Waals surface area contributed by atoms with E-state index in [1.165, 1.54) is 114 Å². The van der Waals surface area contributed by atoms with E-state index in [4.69, 9.17) is 11.8 Å². The molecule has 0 fully saturated rings. The van der Waals surface area contributed by atoms with Crippen molar-refractivity contribution in [2.75, 3.05) is 0 Å². The first-order chi connectivity index (χ1) is 14.9. The van der Waals surface area contributed by atoms with Crippen LogP contribution in [0.5, 0.6) is 0 Å². The van der Waals surface area contributed by atoms with Crippen molar-refractivity contribution < 1.29 is 9.79 Å². The van der Waals surface area contributed by atoms with Crippen LogP contribution in [0.2, 0.25) is 0 Å². The number of hydrogen-bond donors (Lipinski definition) is 2. The molecule has 0 unspecified atom stereocenters. The largest absolute Gasteiger partial charge is 0.337 e. The zero-order valence-corrected chi connectivity index (χ0v) is 22.6. The summed E-state index contributed by atoms with van der Waals surface area (Å²) in [5, 5.41) is 0. The molecule has 0 aromatic heterocycles. The Bertz CT molecular complexity index is 577. The number of benzene rings is 1. The normalized spacial score (nSPS) is 11.9. The van der Waals surface area contributed by atoms with E-state index in [0.717, 1.165) is 29.1 Å². The average molecular weight is 487 g/mol. The smallest absolute Gasteiger partial charge is 0.246 e. The predicted molar refractivity (Wildman–Crippen MR) is 144 cm³/mol. The van der Waals surface area contributed by atoms with Crippen LogP contribution in [-0.4, -0.2) is 9.79 Å². The molecule has 180 valence electrons. The van der Waals surface area contributed by atoms with Gasteiger partial charge in [0.2, 0.25) is 5.69 Å².